The first kappa shape index (κ1) is 23.1. The number of hydrogen-bond donors (Lipinski definition) is 2. The molecule has 5 nitrogen and oxygen atoms in total. The highest BCUT2D eigenvalue weighted by Gasteiger charge is 2.22. The van der Waals surface area contributed by atoms with Crippen LogP contribution in [0.4, 0.5) is 5.69 Å². The van der Waals surface area contributed by atoms with Crippen molar-refractivity contribution < 1.29 is 14.3 Å². The van der Waals surface area contributed by atoms with Crippen LogP contribution in [0.15, 0.2) is 97.1 Å². The van der Waals surface area contributed by atoms with Crippen LogP contribution >= 0.6 is 0 Å². The lowest BCUT2D eigenvalue weighted by molar-refractivity contribution is -0.122. The molecule has 0 aliphatic rings. The molecule has 34 heavy (non-hydrogen) atoms. The van der Waals surface area contributed by atoms with Gasteiger partial charge in [-0.05, 0) is 42.5 Å². The smallest absolute Gasteiger partial charge is 0.265 e. The number of nitrogens with one attached hydrogen (secondary N) is 2. The highest BCUT2D eigenvalue weighted by Crippen LogP contribution is 2.27. The molecule has 0 saturated carbocycles. The Morgan fingerprint density at radius 3 is 2.29 bits per heavy atom. The van der Waals surface area contributed by atoms with Crippen LogP contribution in [0.5, 0.6) is 5.75 Å². The molecule has 5 heteroatoms. The third-order valence-electron chi connectivity index (χ3n) is 5.76. The molecular formula is C29H28N2O3. The van der Waals surface area contributed by atoms with Crippen LogP contribution in [0, 0.1) is 0 Å². The summed E-state index contributed by atoms with van der Waals surface area (Å²) in [6.45, 7) is 3.83. The van der Waals surface area contributed by atoms with E-state index in [1.165, 1.54) is 0 Å². The number of fused-ring (bicyclic) bond motifs is 1. The summed E-state index contributed by atoms with van der Waals surface area (Å²) >= 11 is 0. The summed E-state index contributed by atoms with van der Waals surface area (Å²) in [4.78, 5) is 26.1. The molecule has 4 rings (SSSR count). The first-order chi connectivity index (χ1) is 16.6. The quantitative estimate of drug-likeness (QED) is 0.338. The molecule has 172 valence electrons. The van der Waals surface area contributed by atoms with Gasteiger partial charge in [0.2, 0.25) is 0 Å². The predicted octanol–water partition coefficient (Wildman–Crippen LogP) is 6.13. The van der Waals surface area contributed by atoms with Crippen molar-refractivity contribution in [1.29, 1.82) is 0 Å². The van der Waals surface area contributed by atoms with Gasteiger partial charge in [-0.3, -0.25) is 9.59 Å². The summed E-state index contributed by atoms with van der Waals surface area (Å²) in [5, 5.41) is 7.90. The van der Waals surface area contributed by atoms with E-state index in [0.717, 1.165) is 16.3 Å². The largest absolute Gasteiger partial charge is 0.480 e. The Bertz CT molecular complexity index is 1280. The van der Waals surface area contributed by atoms with Gasteiger partial charge in [0.25, 0.3) is 11.8 Å². The van der Waals surface area contributed by atoms with Crippen molar-refractivity contribution in [3.63, 3.8) is 0 Å². The molecule has 0 radical (unpaired) electrons. The van der Waals surface area contributed by atoms with Gasteiger partial charge in [-0.15, -0.1) is 0 Å². The summed E-state index contributed by atoms with van der Waals surface area (Å²) in [7, 11) is 0. The number of carbonyl (C=O) groups excluding carboxylic acids is 2. The molecule has 0 heterocycles. The fraction of sp³-hybridized carbons (Fsp3) is 0.172. The highest BCUT2D eigenvalue weighted by molar-refractivity contribution is 6.05. The average Bonchev–Trinajstić information content (AvgIpc) is 2.88. The SMILES string of the molecule is CC[C@@H](Oc1cccc2ccccc12)C(=O)Nc1ccccc1C(=O)N[C@@H](C)c1ccccc1. The fourth-order valence-corrected chi connectivity index (χ4v) is 3.88. The van der Waals surface area contributed by atoms with Crippen LogP contribution in [0.3, 0.4) is 0 Å². The molecular weight excluding hydrogens is 424 g/mol. The highest BCUT2D eigenvalue weighted by atomic mass is 16.5. The van der Waals surface area contributed by atoms with Gasteiger partial charge in [0.1, 0.15) is 5.75 Å². The summed E-state index contributed by atoms with van der Waals surface area (Å²) in [6.07, 6.45) is -0.223. The maximum absolute atomic E-state index is 13.1. The normalized spacial score (nSPS) is 12.5. The molecule has 0 saturated heterocycles. The van der Waals surface area contributed by atoms with Crippen LogP contribution < -0.4 is 15.4 Å². The van der Waals surface area contributed by atoms with Crippen LogP contribution in [-0.2, 0) is 4.79 Å². The number of ether oxygens (including phenoxy) is 1. The molecule has 2 atom stereocenters. The molecule has 0 aliphatic heterocycles. The first-order valence-corrected chi connectivity index (χ1v) is 11.5. The first-order valence-electron chi connectivity index (χ1n) is 11.5. The van der Waals surface area contributed by atoms with Crippen molar-refractivity contribution in [2.45, 2.75) is 32.4 Å². The topological polar surface area (TPSA) is 67.4 Å². The molecule has 0 aromatic heterocycles. The second-order valence-electron chi connectivity index (χ2n) is 8.13. The molecule has 4 aromatic rings. The maximum atomic E-state index is 13.1. The van der Waals surface area contributed by atoms with Gasteiger partial charge < -0.3 is 15.4 Å². The third kappa shape index (κ3) is 5.26. The monoisotopic (exact) mass is 452 g/mol. The number of amides is 2. The minimum atomic E-state index is -0.704. The van der Waals surface area contributed by atoms with Gasteiger partial charge in [0, 0.05) is 5.39 Å². The minimum absolute atomic E-state index is 0.171. The zero-order valence-corrected chi connectivity index (χ0v) is 19.3. The maximum Gasteiger partial charge on any atom is 0.265 e. The number of benzene rings is 4. The Morgan fingerprint density at radius 2 is 1.50 bits per heavy atom. The minimum Gasteiger partial charge on any atom is -0.480 e. The Morgan fingerprint density at radius 1 is 0.824 bits per heavy atom. The van der Waals surface area contributed by atoms with Gasteiger partial charge in [-0.1, -0.05) is 85.8 Å². The van der Waals surface area contributed by atoms with Crippen molar-refractivity contribution in [1.82, 2.24) is 5.32 Å². The Balaban J connectivity index is 1.49. The van der Waals surface area contributed by atoms with Gasteiger partial charge in [0.05, 0.1) is 17.3 Å². The number of para-hydroxylation sites is 1. The molecule has 0 spiro atoms. The van der Waals surface area contributed by atoms with Crippen molar-refractivity contribution in [2.75, 3.05) is 5.32 Å². The second kappa shape index (κ2) is 10.7. The van der Waals surface area contributed by atoms with Crippen molar-refractivity contribution in [2.24, 2.45) is 0 Å². The summed E-state index contributed by atoms with van der Waals surface area (Å²) < 4.78 is 6.12. The van der Waals surface area contributed by atoms with Crippen molar-refractivity contribution in [3.8, 4) is 5.75 Å². The summed E-state index contributed by atoms with van der Waals surface area (Å²) in [5.74, 6) is 0.102. The lowest BCUT2D eigenvalue weighted by Gasteiger charge is -2.20. The molecule has 0 bridgehead atoms. The predicted molar refractivity (Wildman–Crippen MR) is 136 cm³/mol. The van der Waals surface area contributed by atoms with Gasteiger partial charge in [-0.25, -0.2) is 0 Å². The van der Waals surface area contributed by atoms with E-state index in [-0.39, 0.29) is 17.9 Å². The van der Waals surface area contributed by atoms with E-state index in [9.17, 15) is 9.59 Å². The molecule has 2 amide bonds. The van der Waals surface area contributed by atoms with Crippen LogP contribution in [0.25, 0.3) is 10.8 Å². The average molecular weight is 453 g/mol. The standard InChI is InChI=1S/C29H28N2O3/c1-3-26(34-27-19-11-15-22-14-7-8-16-23(22)27)29(33)31-25-18-10-9-17-24(25)28(32)30-20(2)21-12-5-4-6-13-21/h4-20,26H,3H2,1-2H3,(H,30,32)(H,31,33)/t20-,26+/m0/s1. The van der Waals surface area contributed by atoms with E-state index < -0.39 is 6.10 Å². The van der Waals surface area contributed by atoms with Gasteiger partial charge in [0.15, 0.2) is 6.10 Å². The fourth-order valence-electron chi connectivity index (χ4n) is 3.88. The van der Waals surface area contributed by atoms with E-state index in [0.29, 0.717) is 23.4 Å². The Kier molecular flexibility index (Phi) is 7.23. The zero-order chi connectivity index (χ0) is 23.9. The molecule has 0 unspecified atom stereocenters. The summed E-state index contributed by atoms with van der Waals surface area (Å²) in [5.41, 5.74) is 1.86. The summed E-state index contributed by atoms with van der Waals surface area (Å²) in [6, 6.07) is 30.3. The zero-order valence-electron chi connectivity index (χ0n) is 19.3. The lowest BCUT2D eigenvalue weighted by atomic mass is 10.1. The van der Waals surface area contributed by atoms with E-state index in [4.69, 9.17) is 4.74 Å². The van der Waals surface area contributed by atoms with Crippen LogP contribution in [0.2, 0.25) is 0 Å². The number of rotatable bonds is 8. The van der Waals surface area contributed by atoms with Crippen molar-refractivity contribution in [3.05, 3.63) is 108 Å². The second-order valence-corrected chi connectivity index (χ2v) is 8.13. The van der Waals surface area contributed by atoms with E-state index in [1.807, 2.05) is 86.6 Å². The number of hydrogen-bond acceptors (Lipinski definition) is 3. The van der Waals surface area contributed by atoms with Crippen molar-refractivity contribution >= 4 is 28.3 Å². The number of anilines is 1. The molecule has 0 aliphatic carbocycles. The van der Waals surface area contributed by atoms with Gasteiger partial charge in [-0.2, -0.15) is 0 Å². The Hall–Kier alpha value is -4.12. The number of carbonyl (C=O) groups is 2. The van der Waals surface area contributed by atoms with Crippen LogP contribution in [-0.4, -0.2) is 17.9 Å². The van der Waals surface area contributed by atoms with E-state index >= 15 is 0 Å². The van der Waals surface area contributed by atoms with E-state index in [1.54, 1.807) is 24.3 Å². The van der Waals surface area contributed by atoms with Crippen LogP contribution in [0.1, 0.15) is 42.2 Å². The molecule has 2 N–H and O–H groups in total. The molecule has 4 aromatic carbocycles. The molecule has 0 fully saturated rings. The lowest BCUT2D eigenvalue weighted by Crippen LogP contribution is -2.34. The third-order valence-corrected chi connectivity index (χ3v) is 5.76. The van der Waals surface area contributed by atoms with Gasteiger partial charge >= 0.3 is 0 Å². The van der Waals surface area contributed by atoms with E-state index in [2.05, 4.69) is 10.6 Å². The Labute approximate surface area is 199 Å².